The van der Waals surface area contributed by atoms with Gasteiger partial charge in [-0.3, -0.25) is 4.90 Å². The van der Waals surface area contributed by atoms with Crippen LogP contribution in [0.2, 0.25) is 0 Å². The standard InChI is InChI=1S/C21H24N2O3/c1-13-4-3-5-14(10-13)17-12-23-9-8-16-15(19(23)11-18(17)22-25)6-7-20(26-2)21(16)24/h3-7,10,17,19,24-25H,8-9,11-12H2,1-2H3/b22-18-/t17-,19+/m1/s1. The van der Waals surface area contributed by atoms with Gasteiger partial charge in [-0.05, 0) is 30.5 Å². The highest BCUT2D eigenvalue weighted by Crippen LogP contribution is 2.44. The van der Waals surface area contributed by atoms with Crippen LogP contribution in [0.15, 0.2) is 41.6 Å². The van der Waals surface area contributed by atoms with Crippen LogP contribution in [0, 0.1) is 6.92 Å². The van der Waals surface area contributed by atoms with Crippen LogP contribution in [0.1, 0.15) is 40.6 Å². The summed E-state index contributed by atoms with van der Waals surface area (Å²) in [5.41, 5.74) is 5.28. The Kier molecular flexibility index (Phi) is 4.32. The quantitative estimate of drug-likeness (QED) is 0.640. The SMILES string of the molecule is COc1ccc2c(c1O)CCN1C[C@H](c3cccc(C)c3)/C(=N\O)C[C@@H]21. The minimum Gasteiger partial charge on any atom is -0.504 e. The van der Waals surface area contributed by atoms with Gasteiger partial charge in [-0.25, -0.2) is 0 Å². The van der Waals surface area contributed by atoms with E-state index in [1.54, 1.807) is 7.11 Å². The molecule has 2 aliphatic rings. The number of nitrogens with zero attached hydrogens (tertiary/aromatic N) is 2. The molecule has 0 bridgehead atoms. The largest absolute Gasteiger partial charge is 0.504 e. The van der Waals surface area contributed by atoms with Gasteiger partial charge in [0.25, 0.3) is 0 Å². The minimum absolute atomic E-state index is 0.101. The zero-order valence-corrected chi connectivity index (χ0v) is 15.1. The first kappa shape index (κ1) is 16.9. The second kappa shape index (κ2) is 6.65. The van der Waals surface area contributed by atoms with Crippen molar-refractivity contribution in [3.63, 3.8) is 0 Å². The Labute approximate surface area is 153 Å². The fourth-order valence-electron chi connectivity index (χ4n) is 4.41. The Balaban J connectivity index is 1.69. The lowest BCUT2D eigenvalue weighted by molar-refractivity contribution is 0.165. The summed E-state index contributed by atoms with van der Waals surface area (Å²) in [4.78, 5) is 2.44. The first-order chi connectivity index (χ1) is 12.6. The number of oxime groups is 1. The topological polar surface area (TPSA) is 65.3 Å². The lowest BCUT2D eigenvalue weighted by Gasteiger charge is -2.44. The van der Waals surface area contributed by atoms with E-state index in [4.69, 9.17) is 4.74 Å². The molecule has 0 aromatic heterocycles. The summed E-state index contributed by atoms with van der Waals surface area (Å²) < 4.78 is 5.25. The van der Waals surface area contributed by atoms with Crippen LogP contribution in [0.5, 0.6) is 11.5 Å². The van der Waals surface area contributed by atoms with Gasteiger partial charge in [-0.1, -0.05) is 41.1 Å². The van der Waals surface area contributed by atoms with Gasteiger partial charge in [0.1, 0.15) is 0 Å². The third-order valence-electron chi connectivity index (χ3n) is 5.75. The maximum Gasteiger partial charge on any atom is 0.161 e. The third-order valence-corrected chi connectivity index (χ3v) is 5.75. The summed E-state index contributed by atoms with van der Waals surface area (Å²) in [5, 5.41) is 23.8. The first-order valence-electron chi connectivity index (χ1n) is 9.02. The molecule has 0 spiro atoms. The van der Waals surface area contributed by atoms with Crippen molar-refractivity contribution in [2.75, 3.05) is 20.2 Å². The minimum atomic E-state index is 0.101. The first-order valence-corrected chi connectivity index (χ1v) is 9.02. The number of piperidine rings is 1. The van der Waals surface area contributed by atoms with E-state index in [2.05, 4.69) is 41.2 Å². The van der Waals surface area contributed by atoms with E-state index in [0.29, 0.717) is 12.2 Å². The summed E-state index contributed by atoms with van der Waals surface area (Å²) in [6.45, 7) is 3.78. The van der Waals surface area contributed by atoms with Crippen LogP contribution in [0.4, 0.5) is 0 Å². The van der Waals surface area contributed by atoms with Gasteiger partial charge >= 0.3 is 0 Å². The van der Waals surface area contributed by atoms with E-state index in [1.165, 1.54) is 11.1 Å². The number of phenols is 1. The van der Waals surface area contributed by atoms with Crippen LogP contribution in [-0.2, 0) is 6.42 Å². The molecule has 2 atom stereocenters. The molecule has 0 radical (unpaired) electrons. The average molecular weight is 352 g/mol. The normalized spacial score (nSPS) is 24.2. The van der Waals surface area contributed by atoms with Crippen molar-refractivity contribution in [2.24, 2.45) is 5.16 Å². The van der Waals surface area contributed by atoms with E-state index in [-0.39, 0.29) is 17.7 Å². The molecule has 136 valence electrons. The number of aromatic hydroxyl groups is 1. The third kappa shape index (κ3) is 2.72. The van der Waals surface area contributed by atoms with Crippen molar-refractivity contribution in [1.29, 1.82) is 0 Å². The molecule has 0 saturated carbocycles. The van der Waals surface area contributed by atoms with E-state index in [1.807, 2.05) is 12.1 Å². The second-order valence-electron chi connectivity index (χ2n) is 7.21. The highest BCUT2D eigenvalue weighted by atomic mass is 16.5. The van der Waals surface area contributed by atoms with Crippen molar-refractivity contribution in [2.45, 2.75) is 31.7 Å². The number of ether oxygens (including phenoxy) is 1. The van der Waals surface area contributed by atoms with Crippen molar-refractivity contribution in [1.82, 2.24) is 4.90 Å². The van der Waals surface area contributed by atoms with Gasteiger partial charge in [0.2, 0.25) is 0 Å². The van der Waals surface area contributed by atoms with Gasteiger partial charge in [0.15, 0.2) is 11.5 Å². The number of fused-ring (bicyclic) bond motifs is 3. The predicted molar refractivity (Wildman–Crippen MR) is 100 cm³/mol. The molecule has 5 nitrogen and oxygen atoms in total. The molecular weight excluding hydrogens is 328 g/mol. The summed E-state index contributed by atoms with van der Waals surface area (Å²) in [6.07, 6.45) is 1.45. The van der Waals surface area contributed by atoms with Crippen molar-refractivity contribution in [3.8, 4) is 11.5 Å². The number of benzene rings is 2. The smallest absolute Gasteiger partial charge is 0.161 e. The maximum atomic E-state index is 10.5. The van der Waals surface area contributed by atoms with Crippen LogP contribution >= 0.6 is 0 Å². The summed E-state index contributed by atoms with van der Waals surface area (Å²) in [7, 11) is 1.57. The van der Waals surface area contributed by atoms with Gasteiger partial charge < -0.3 is 15.1 Å². The number of hydrogen-bond donors (Lipinski definition) is 2. The van der Waals surface area contributed by atoms with Crippen molar-refractivity contribution < 1.29 is 15.1 Å². The van der Waals surface area contributed by atoms with Crippen LogP contribution < -0.4 is 4.74 Å². The Hall–Kier alpha value is -2.53. The van der Waals surface area contributed by atoms with Crippen LogP contribution in [0.3, 0.4) is 0 Å². The number of aryl methyl sites for hydroxylation is 1. The summed E-state index contributed by atoms with van der Waals surface area (Å²) in [5.74, 6) is 0.860. The molecule has 2 aromatic rings. The van der Waals surface area contributed by atoms with E-state index < -0.39 is 0 Å². The van der Waals surface area contributed by atoms with E-state index >= 15 is 0 Å². The van der Waals surface area contributed by atoms with Crippen LogP contribution in [-0.4, -0.2) is 41.1 Å². The molecule has 1 fully saturated rings. The molecular formula is C21H24N2O3. The fraction of sp³-hybridized carbons (Fsp3) is 0.381. The highest BCUT2D eigenvalue weighted by molar-refractivity contribution is 5.92. The Morgan fingerprint density at radius 2 is 2.08 bits per heavy atom. The second-order valence-corrected chi connectivity index (χ2v) is 7.21. The van der Waals surface area contributed by atoms with Gasteiger partial charge in [0.05, 0.1) is 12.8 Å². The molecule has 2 heterocycles. The fourth-order valence-corrected chi connectivity index (χ4v) is 4.41. The Morgan fingerprint density at radius 1 is 1.23 bits per heavy atom. The highest BCUT2D eigenvalue weighted by Gasteiger charge is 2.38. The van der Waals surface area contributed by atoms with Crippen molar-refractivity contribution in [3.05, 3.63) is 58.7 Å². The average Bonchev–Trinajstić information content (AvgIpc) is 2.67. The lowest BCUT2D eigenvalue weighted by Crippen LogP contribution is -2.45. The molecule has 0 aliphatic carbocycles. The molecule has 5 heteroatoms. The molecule has 1 saturated heterocycles. The molecule has 4 rings (SSSR count). The number of methoxy groups -OCH3 is 1. The maximum absolute atomic E-state index is 10.5. The lowest BCUT2D eigenvalue weighted by atomic mass is 9.79. The monoisotopic (exact) mass is 352 g/mol. The molecule has 2 aliphatic heterocycles. The number of hydrogen-bond acceptors (Lipinski definition) is 5. The Bertz CT molecular complexity index is 862. The molecule has 0 amide bonds. The zero-order chi connectivity index (χ0) is 18.3. The predicted octanol–water partition coefficient (Wildman–Crippen LogP) is 3.63. The molecule has 0 unspecified atom stereocenters. The molecule has 26 heavy (non-hydrogen) atoms. The number of rotatable bonds is 2. The van der Waals surface area contributed by atoms with E-state index in [9.17, 15) is 10.3 Å². The van der Waals surface area contributed by atoms with Gasteiger partial charge in [-0.15, -0.1) is 0 Å². The van der Waals surface area contributed by atoms with E-state index in [0.717, 1.165) is 36.3 Å². The number of phenolic OH excluding ortho intramolecular Hbond substituents is 1. The van der Waals surface area contributed by atoms with Gasteiger partial charge in [0, 0.05) is 37.0 Å². The van der Waals surface area contributed by atoms with Gasteiger partial charge in [-0.2, -0.15) is 0 Å². The Morgan fingerprint density at radius 3 is 2.81 bits per heavy atom. The molecule has 2 N–H and O–H groups in total. The zero-order valence-electron chi connectivity index (χ0n) is 15.1. The summed E-state index contributed by atoms with van der Waals surface area (Å²) >= 11 is 0. The van der Waals surface area contributed by atoms with Crippen LogP contribution in [0.25, 0.3) is 0 Å². The molecule has 2 aromatic carbocycles. The summed E-state index contributed by atoms with van der Waals surface area (Å²) in [6, 6.07) is 12.4. The van der Waals surface area contributed by atoms with Crippen molar-refractivity contribution >= 4 is 5.71 Å².